The lowest BCUT2D eigenvalue weighted by atomic mass is 10.1. The fourth-order valence-electron chi connectivity index (χ4n) is 4.36. The lowest BCUT2D eigenvalue weighted by Gasteiger charge is -2.15. The number of fused-ring (bicyclic) bond motifs is 2. The van der Waals surface area contributed by atoms with Gasteiger partial charge >= 0.3 is 5.69 Å². The van der Waals surface area contributed by atoms with Crippen molar-refractivity contribution in [3.05, 3.63) is 98.6 Å². The smallest absolute Gasteiger partial charge is 0.337 e. The van der Waals surface area contributed by atoms with Crippen LogP contribution in [-0.2, 0) is 24.9 Å². The Hall–Kier alpha value is -4.53. The lowest BCUT2D eigenvalue weighted by Crippen LogP contribution is -2.44. The minimum absolute atomic E-state index is 0.166. The van der Waals surface area contributed by atoms with E-state index in [1.165, 1.54) is 4.57 Å². The maximum Gasteiger partial charge on any atom is 0.337 e. The van der Waals surface area contributed by atoms with Crippen LogP contribution >= 0.6 is 0 Å². The minimum Gasteiger partial charge on any atom is -0.347 e. The summed E-state index contributed by atoms with van der Waals surface area (Å²) in [5.74, 6) is 0.204. The first-order valence-electron chi connectivity index (χ1n) is 11.2. The van der Waals surface area contributed by atoms with Gasteiger partial charge in [0.2, 0.25) is 5.91 Å². The van der Waals surface area contributed by atoms with Gasteiger partial charge in [0.15, 0.2) is 5.65 Å². The molecule has 0 atom stereocenters. The topological polar surface area (TPSA) is 104 Å². The molecule has 5 aromatic rings. The van der Waals surface area contributed by atoms with Crippen molar-refractivity contribution in [3.63, 3.8) is 0 Å². The van der Waals surface area contributed by atoms with Gasteiger partial charge in [-0.25, -0.2) is 23.9 Å². The highest BCUT2D eigenvalue weighted by atomic mass is 16.2. The number of rotatable bonds is 5. The number of hydrogen-bond donors (Lipinski definition) is 1. The number of nitrogens with zero attached hydrogens (tertiary/aromatic N) is 5. The van der Waals surface area contributed by atoms with E-state index in [1.54, 1.807) is 37.3 Å². The fraction of sp³-hybridized carbons (Fsp3) is 0.192. The van der Waals surface area contributed by atoms with Crippen LogP contribution in [0, 0.1) is 13.8 Å². The molecule has 0 aliphatic heterocycles. The van der Waals surface area contributed by atoms with Gasteiger partial charge in [0.25, 0.3) is 5.56 Å². The first kappa shape index (κ1) is 22.3. The Morgan fingerprint density at radius 3 is 2.43 bits per heavy atom. The Kier molecular flexibility index (Phi) is 5.52. The first-order chi connectivity index (χ1) is 16.8. The van der Waals surface area contributed by atoms with Crippen LogP contribution in [0.2, 0.25) is 0 Å². The molecule has 5 rings (SSSR count). The van der Waals surface area contributed by atoms with E-state index >= 15 is 0 Å². The van der Waals surface area contributed by atoms with E-state index in [1.807, 2.05) is 48.9 Å². The molecular formula is C26H24N6O3. The molecule has 3 aromatic heterocycles. The van der Waals surface area contributed by atoms with E-state index in [-0.39, 0.29) is 12.2 Å². The van der Waals surface area contributed by atoms with Crippen LogP contribution in [-0.4, -0.2) is 29.6 Å². The molecule has 0 spiro atoms. The SMILES string of the molecule is Cc1cc(C)c2c(=O)n(CC(=O)NCc3nc4ccccc4n3C)c(=O)n(-c3ccccc3)c2n1. The molecule has 1 amide bonds. The van der Waals surface area contributed by atoms with Crippen LogP contribution in [0.25, 0.3) is 27.8 Å². The lowest BCUT2D eigenvalue weighted by molar-refractivity contribution is -0.122. The molecular weight excluding hydrogens is 444 g/mol. The van der Waals surface area contributed by atoms with Crippen molar-refractivity contribution in [2.45, 2.75) is 26.9 Å². The number of carbonyl (C=O) groups excluding carboxylic acids is 1. The summed E-state index contributed by atoms with van der Waals surface area (Å²) in [7, 11) is 1.88. The number of pyridine rings is 1. The number of amides is 1. The van der Waals surface area contributed by atoms with E-state index in [0.717, 1.165) is 15.6 Å². The largest absolute Gasteiger partial charge is 0.347 e. The van der Waals surface area contributed by atoms with Crippen LogP contribution in [0.1, 0.15) is 17.1 Å². The van der Waals surface area contributed by atoms with E-state index in [9.17, 15) is 14.4 Å². The predicted molar refractivity (Wildman–Crippen MR) is 134 cm³/mol. The third kappa shape index (κ3) is 3.90. The number of aryl methyl sites for hydroxylation is 3. The number of nitrogens with one attached hydrogen (secondary N) is 1. The first-order valence-corrected chi connectivity index (χ1v) is 11.2. The monoisotopic (exact) mass is 468 g/mol. The Bertz CT molecular complexity index is 1710. The second kappa shape index (κ2) is 8.68. The van der Waals surface area contributed by atoms with Crippen molar-refractivity contribution in [1.82, 2.24) is 29.0 Å². The summed E-state index contributed by atoms with van der Waals surface area (Å²) >= 11 is 0. The van der Waals surface area contributed by atoms with Gasteiger partial charge < -0.3 is 9.88 Å². The van der Waals surface area contributed by atoms with E-state index in [4.69, 9.17) is 0 Å². The quantitative estimate of drug-likeness (QED) is 0.427. The van der Waals surface area contributed by atoms with Crippen molar-refractivity contribution < 1.29 is 4.79 Å². The van der Waals surface area contributed by atoms with Crippen molar-refractivity contribution in [3.8, 4) is 5.69 Å². The number of carbonyl (C=O) groups is 1. The summed E-state index contributed by atoms with van der Waals surface area (Å²) in [6.07, 6.45) is 0. The predicted octanol–water partition coefficient (Wildman–Crippen LogP) is 2.37. The fourth-order valence-corrected chi connectivity index (χ4v) is 4.36. The Balaban J connectivity index is 1.54. The number of aromatic nitrogens is 5. The summed E-state index contributed by atoms with van der Waals surface area (Å²) in [6.45, 7) is 3.36. The average Bonchev–Trinajstić information content (AvgIpc) is 3.16. The number of benzene rings is 2. The van der Waals surface area contributed by atoms with Crippen LogP contribution in [0.15, 0.2) is 70.3 Å². The van der Waals surface area contributed by atoms with E-state index < -0.39 is 23.7 Å². The van der Waals surface area contributed by atoms with Crippen LogP contribution in [0.5, 0.6) is 0 Å². The van der Waals surface area contributed by atoms with Gasteiger partial charge in [-0.2, -0.15) is 0 Å². The highest BCUT2D eigenvalue weighted by Gasteiger charge is 2.19. The van der Waals surface area contributed by atoms with Gasteiger partial charge in [0, 0.05) is 12.7 Å². The van der Waals surface area contributed by atoms with Gasteiger partial charge in [-0.05, 0) is 49.7 Å². The molecule has 0 unspecified atom stereocenters. The molecule has 9 nitrogen and oxygen atoms in total. The normalized spacial score (nSPS) is 11.3. The second-order valence-corrected chi connectivity index (χ2v) is 8.48. The molecule has 0 aliphatic rings. The highest BCUT2D eigenvalue weighted by molar-refractivity contribution is 5.81. The Morgan fingerprint density at radius 1 is 0.971 bits per heavy atom. The summed E-state index contributed by atoms with van der Waals surface area (Å²) in [5.41, 5.74) is 2.84. The molecule has 0 saturated heterocycles. The molecule has 1 N–H and O–H groups in total. The van der Waals surface area contributed by atoms with Gasteiger partial charge in [-0.3, -0.25) is 9.59 Å². The van der Waals surface area contributed by atoms with E-state index in [2.05, 4.69) is 15.3 Å². The third-order valence-electron chi connectivity index (χ3n) is 6.06. The van der Waals surface area contributed by atoms with Crippen LogP contribution in [0.3, 0.4) is 0 Å². The maximum atomic E-state index is 13.5. The van der Waals surface area contributed by atoms with Crippen molar-refractivity contribution in [1.29, 1.82) is 0 Å². The number of hydrogen-bond acceptors (Lipinski definition) is 5. The summed E-state index contributed by atoms with van der Waals surface area (Å²) in [4.78, 5) is 48.8. The zero-order valence-electron chi connectivity index (χ0n) is 19.6. The highest BCUT2D eigenvalue weighted by Crippen LogP contribution is 2.17. The molecule has 0 radical (unpaired) electrons. The molecule has 2 aromatic carbocycles. The van der Waals surface area contributed by atoms with Crippen LogP contribution in [0.4, 0.5) is 0 Å². The molecule has 3 heterocycles. The van der Waals surface area contributed by atoms with Gasteiger partial charge in [0.1, 0.15) is 12.4 Å². The van der Waals surface area contributed by atoms with Crippen LogP contribution < -0.4 is 16.6 Å². The zero-order valence-corrected chi connectivity index (χ0v) is 19.6. The molecule has 0 aliphatic carbocycles. The Labute approximate surface area is 200 Å². The molecule has 176 valence electrons. The third-order valence-corrected chi connectivity index (χ3v) is 6.06. The molecule has 0 saturated carbocycles. The standard InChI is InChI=1S/C26H24N6O3/c1-16-13-17(2)28-24-23(16)25(34)31(26(35)32(24)18-9-5-4-6-10-18)15-22(33)27-14-21-29-19-11-7-8-12-20(19)30(21)3/h4-13H,14-15H2,1-3H3,(H,27,33). The van der Waals surface area contributed by atoms with Crippen molar-refractivity contribution >= 4 is 28.0 Å². The summed E-state index contributed by atoms with van der Waals surface area (Å²) in [5, 5.41) is 3.10. The van der Waals surface area contributed by atoms with Gasteiger partial charge in [-0.15, -0.1) is 0 Å². The molecule has 0 bridgehead atoms. The van der Waals surface area contributed by atoms with E-state index in [0.29, 0.717) is 28.2 Å². The number of imidazole rings is 1. The second-order valence-electron chi connectivity index (χ2n) is 8.48. The maximum absolute atomic E-state index is 13.5. The van der Waals surface area contributed by atoms with Crippen molar-refractivity contribution in [2.75, 3.05) is 0 Å². The van der Waals surface area contributed by atoms with Gasteiger partial charge in [-0.1, -0.05) is 30.3 Å². The molecule has 0 fully saturated rings. The van der Waals surface area contributed by atoms with Gasteiger partial charge in [0.05, 0.1) is 28.7 Å². The number of para-hydroxylation sites is 3. The molecule has 9 heteroatoms. The average molecular weight is 469 g/mol. The minimum atomic E-state index is -0.621. The summed E-state index contributed by atoms with van der Waals surface area (Å²) in [6, 6.07) is 18.4. The zero-order chi connectivity index (χ0) is 24.7. The summed E-state index contributed by atoms with van der Waals surface area (Å²) < 4.78 is 4.25. The Morgan fingerprint density at radius 2 is 1.69 bits per heavy atom. The molecule has 35 heavy (non-hydrogen) atoms. The van der Waals surface area contributed by atoms with Crippen molar-refractivity contribution in [2.24, 2.45) is 7.05 Å².